The molecule has 4 heteroatoms. The van der Waals surface area contributed by atoms with E-state index in [4.69, 9.17) is 4.74 Å². The molecule has 0 saturated heterocycles. The maximum absolute atomic E-state index is 10.3. The Balaban J connectivity index is 2.00. The molecule has 0 bridgehead atoms. The van der Waals surface area contributed by atoms with Crippen molar-refractivity contribution >= 4 is 38.5 Å². The van der Waals surface area contributed by atoms with E-state index in [-0.39, 0.29) is 0 Å². The molecule has 2 nitrogen and oxygen atoms in total. The topological polar surface area (TPSA) is 29.5 Å². The lowest BCUT2D eigenvalue weighted by atomic mass is 10.0. The van der Waals surface area contributed by atoms with Gasteiger partial charge in [0.2, 0.25) is 0 Å². The maximum Gasteiger partial charge on any atom is 0.118 e. The number of ether oxygens (including phenoxy) is 1. The molecule has 0 radical (unpaired) electrons. The van der Waals surface area contributed by atoms with E-state index in [9.17, 15) is 5.11 Å². The number of methoxy groups -OCH3 is 1. The molecule has 0 spiro atoms. The van der Waals surface area contributed by atoms with Gasteiger partial charge in [0.15, 0.2) is 0 Å². The molecule has 2 aromatic carbocycles. The molecule has 106 valence electrons. The Morgan fingerprint density at radius 3 is 2.55 bits per heavy atom. The minimum atomic E-state index is -0.443. The first kappa shape index (κ1) is 15.8. The van der Waals surface area contributed by atoms with Gasteiger partial charge in [-0.05, 0) is 76.9 Å². The quantitative estimate of drug-likeness (QED) is 0.673. The third kappa shape index (κ3) is 4.20. The molecular weight excluding hydrogens is 431 g/mol. The van der Waals surface area contributed by atoms with Crippen LogP contribution in [0.25, 0.3) is 0 Å². The SMILES string of the molecule is COc1ccc(CCC(O)c2cc(Br)ccc2I)cc1. The van der Waals surface area contributed by atoms with Crippen LogP contribution in [0.1, 0.15) is 23.7 Å². The smallest absolute Gasteiger partial charge is 0.118 e. The third-order valence-corrected chi connectivity index (χ3v) is 4.66. The summed E-state index contributed by atoms with van der Waals surface area (Å²) in [6.07, 6.45) is 1.11. The Labute approximate surface area is 141 Å². The van der Waals surface area contributed by atoms with Crippen molar-refractivity contribution < 1.29 is 9.84 Å². The Morgan fingerprint density at radius 1 is 1.20 bits per heavy atom. The number of rotatable bonds is 5. The predicted molar refractivity (Wildman–Crippen MR) is 93.1 cm³/mol. The largest absolute Gasteiger partial charge is 0.497 e. The first-order valence-corrected chi connectivity index (χ1v) is 8.23. The highest BCUT2D eigenvalue weighted by atomic mass is 127. The van der Waals surface area contributed by atoms with Crippen LogP contribution in [-0.2, 0) is 6.42 Å². The van der Waals surface area contributed by atoms with E-state index >= 15 is 0 Å². The molecule has 0 heterocycles. The van der Waals surface area contributed by atoms with Crippen LogP contribution in [0.4, 0.5) is 0 Å². The zero-order valence-corrected chi connectivity index (χ0v) is 14.9. The summed E-state index contributed by atoms with van der Waals surface area (Å²) in [4.78, 5) is 0. The van der Waals surface area contributed by atoms with Gasteiger partial charge in [0.1, 0.15) is 5.75 Å². The second-order valence-electron chi connectivity index (χ2n) is 4.57. The van der Waals surface area contributed by atoms with Gasteiger partial charge in [-0.15, -0.1) is 0 Å². The molecule has 0 saturated carbocycles. The van der Waals surface area contributed by atoms with Crippen molar-refractivity contribution in [1.82, 2.24) is 0 Å². The van der Waals surface area contributed by atoms with Crippen LogP contribution in [0.2, 0.25) is 0 Å². The average molecular weight is 447 g/mol. The summed E-state index contributed by atoms with van der Waals surface area (Å²) in [5, 5.41) is 10.3. The van der Waals surface area contributed by atoms with Crippen LogP contribution in [0.15, 0.2) is 46.9 Å². The molecule has 1 unspecified atom stereocenters. The number of aliphatic hydroxyl groups is 1. The van der Waals surface area contributed by atoms with Gasteiger partial charge in [-0.3, -0.25) is 0 Å². The summed E-state index contributed by atoms with van der Waals surface area (Å²) < 4.78 is 7.22. The number of aryl methyl sites for hydroxylation is 1. The molecule has 1 atom stereocenters. The minimum Gasteiger partial charge on any atom is -0.497 e. The number of hydrogen-bond acceptors (Lipinski definition) is 2. The highest BCUT2D eigenvalue weighted by Crippen LogP contribution is 2.27. The molecule has 0 aromatic heterocycles. The van der Waals surface area contributed by atoms with E-state index in [0.717, 1.165) is 25.8 Å². The number of halogens is 2. The second kappa shape index (κ2) is 7.43. The maximum atomic E-state index is 10.3. The standard InChI is InChI=1S/C16H16BrIO2/c1-20-13-6-2-11(3-7-13)4-9-16(19)14-10-12(17)5-8-15(14)18/h2-3,5-8,10,16,19H,4,9H2,1H3. The molecule has 2 aromatic rings. The van der Waals surface area contributed by atoms with Crippen molar-refractivity contribution in [2.24, 2.45) is 0 Å². The highest BCUT2D eigenvalue weighted by Gasteiger charge is 2.12. The third-order valence-electron chi connectivity index (χ3n) is 3.18. The molecule has 2 rings (SSSR count). The molecule has 0 aliphatic rings. The first-order valence-electron chi connectivity index (χ1n) is 6.36. The Kier molecular flexibility index (Phi) is 5.86. The molecule has 20 heavy (non-hydrogen) atoms. The normalized spacial score (nSPS) is 12.2. The summed E-state index contributed by atoms with van der Waals surface area (Å²) in [6.45, 7) is 0. The van der Waals surface area contributed by atoms with Crippen LogP contribution in [0, 0.1) is 3.57 Å². The van der Waals surface area contributed by atoms with Gasteiger partial charge in [-0.25, -0.2) is 0 Å². The Bertz CT molecular complexity index is 569. The van der Waals surface area contributed by atoms with Crippen LogP contribution >= 0.6 is 38.5 Å². The van der Waals surface area contributed by atoms with E-state index in [1.807, 2.05) is 42.5 Å². The van der Waals surface area contributed by atoms with Crippen LogP contribution in [0.3, 0.4) is 0 Å². The summed E-state index contributed by atoms with van der Waals surface area (Å²) in [7, 11) is 1.66. The van der Waals surface area contributed by atoms with E-state index in [2.05, 4.69) is 38.5 Å². The molecule has 0 amide bonds. The monoisotopic (exact) mass is 446 g/mol. The molecule has 0 aliphatic heterocycles. The van der Waals surface area contributed by atoms with Gasteiger partial charge in [0, 0.05) is 8.04 Å². The summed E-state index contributed by atoms with van der Waals surface area (Å²) in [6, 6.07) is 14.0. The van der Waals surface area contributed by atoms with E-state index in [0.29, 0.717) is 6.42 Å². The lowest BCUT2D eigenvalue weighted by Gasteiger charge is -2.13. The second-order valence-corrected chi connectivity index (χ2v) is 6.65. The minimum absolute atomic E-state index is 0.443. The highest BCUT2D eigenvalue weighted by molar-refractivity contribution is 14.1. The van der Waals surface area contributed by atoms with Crippen molar-refractivity contribution in [2.75, 3.05) is 7.11 Å². The fourth-order valence-corrected chi connectivity index (χ4v) is 3.09. The lowest BCUT2D eigenvalue weighted by molar-refractivity contribution is 0.167. The van der Waals surface area contributed by atoms with E-state index in [1.165, 1.54) is 5.56 Å². The molecular formula is C16H16BrIO2. The number of aliphatic hydroxyl groups excluding tert-OH is 1. The predicted octanol–water partition coefficient (Wildman–Crippen LogP) is 4.73. The zero-order chi connectivity index (χ0) is 14.5. The Morgan fingerprint density at radius 2 is 1.90 bits per heavy atom. The van der Waals surface area contributed by atoms with Crippen LogP contribution in [-0.4, -0.2) is 12.2 Å². The van der Waals surface area contributed by atoms with E-state index in [1.54, 1.807) is 7.11 Å². The van der Waals surface area contributed by atoms with Crippen LogP contribution < -0.4 is 4.74 Å². The van der Waals surface area contributed by atoms with Crippen molar-refractivity contribution in [3.63, 3.8) is 0 Å². The van der Waals surface area contributed by atoms with Gasteiger partial charge >= 0.3 is 0 Å². The fraction of sp³-hybridized carbons (Fsp3) is 0.250. The van der Waals surface area contributed by atoms with Gasteiger partial charge in [-0.2, -0.15) is 0 Å². The number of hydrogen-bond donors (Lipinski definition) is 1. The lowest BCUT2D eigenvalue weighted by Crippen LogP contribution is -2.02. The summed E-state index contributed by atoms with van der Waals surface area (Å²) in [5.74, 6) is 0.857. The van der Waals surface area contributed by atoms with Gasteiger partial charge in [0.25, 0.3) is 0 Å². The van der Waals surface area contributed by atoms with E-state index < -0.39 is 6.10 Å². The number of benzene rings is 2. The van der Waals surface area contributed by atoms with Gasteiger partial charge in [-0.1, -0.05) is 28.1 Å². The van der Waals surface area contributed by atoms with Crippen molar-refractivity contribution in [2.45, 2.75) is 18.9 Å². The van der Waals surface area contributed by atoms with Crippen molar-refractivity contribution in [1.29, 1.82) is 0 Å². The molecule has 0 aliphatic carbocycles. The summed E-state index contributed by atoms with van der Waals surface area (Å²) >= 11 is 5.71. The van der Waals surface area contributed by atoms with Crippen molar-refractivity contribution in [3.05, 3.63) is 61.6 Å². The zero-order valence-electron chi connectivity index (χ0n) is 11.1. The molecule has 1 N–H and O–H groups in total. The molecule has 0 fully saturated rings. The fourth-order valence-electron chi connectivity index (χ4n) is 2.02. The summed E-state index contributed by atoms with van der Waals surface area (Å²) in [5.41, 5.74) is 2.18. The van der Waals surface area contributed by atoms with Gasteiger partial charge in [0.05, 0.1) is 13.2 Å². The van der Waals surface area contributed by atoms with Gasteiger partial charge < -0.3 is 9.84 Å². The average Bonchev–Trinajstić information content (AvgIpc) is 2.47. The first-order chi connectivity index (χ1) is 9.60. The van der Waals surface area contributed by atoms with Crippen molar-refractivity contribution in [3.8, 4) is 5.75 Å². The Hall–Kier alpha value is -0.590. The van der Waals surface area contributed by atoms with Crippen LogP contribution in [0.5, 0.6) is 5.75 Å².